The molecular weight excluding hydrogens is 152 g/mol. The molecule has 0 saturated heterocycles. The summed E-state index contributed by atoms with van der Waals surface area (Å²) in [4.78, 5) is 4.01. The minimum atomic E-state index is -0.572. The maximum Gasteiger partial charge on any atom is 0.138 e. The van der Waals surface area contributed by atoms with E-state index in [0.717, 1.165) is 0 Å². The van der Waals surface area contributed by atoms with Crippen molar-refractivity contribution in [1.82, 2.24) is 9.55 Å². The fourth-order valence-corrected chi connectivity index (χ4v) is 0.988. The predicted molar refractivity (Wildman–Crippen MR) is 46.2 cm³/mol. The summed E-state index contributed by atoms with van der Waals surface area (Å²) >= 11 is 0. The van der Waals surface area contributed by atoms with Gasteiger partial charge in [-0.3, -0.25) is 0 Å². The van der Waals surface area contributed by atoms with Crippen molar-refractivity contribution in [3.63, 3.8) is 0 Å². The third kappa shape index (κ3) is 1.86. The molecule has 1 atom stereocenters. The average molecular weight is 164 g/mol. The van der Waals surface area contributed by atoms with Gasteiger partial charge in [0.05, 0.1) is 0 Å². The normalized spacial score (nSPS) is 11.9. The highest BCUT2D eigenvalue weighted by Gasteiger charge is 2.09. The zero-order chi connectivity index (χ0) is 8.97. The highest BCUT2D eigenvalue weighted by atomic mass is 16.3. The molecule has 0 aromatic carbocycles. The first-order chi connectivity index (χ1) is 5.75. The van der Waals surface area contributed by atoms with Crippen molar-refractivity contribution < 1.29 is 5.11 Å². The van der Waals surface area contributed by atoms with Crippen molar-refractivity contribution in [3.8, 4) is 11.8 Å². The van der Waals surface area contributed by atoms with Gasteiger partial charge in [0.15, 0.2) is 0 Å². The Morgan fingerprint density at radius 2 is 2.50 bits per heavy atom. The lowest BCUT2D eigenvalue weighted by molar-refractivity contribution is 0.170. The van der Waals surface area contributed by atoms with Gasteiger partial charge in [-0.1, -0.05) is 0 Å². The Bertz CT molecular complexity index is 306. The highest BCUT2D eigenvalue weighted by molar-refractivity contribution is 5.03. The Labute approximate surface area is 72.1 Å². The number of aliphatic hydroxyl groups is 1. The second-order valence-corrected chi connectivity index (χ2v) is 2.54. The lowest BCUT2D eigenvalue weighted by atomic mass is 10.2. The molecule has 0 fully saturated rings. The van der Waals surface area contributed by atoms with Gasteiger partial charge in [0.25, 0.3) is 0 Å². The number of rotatable bonds is 2. The second-order valence-electron chi connectivity index (χ2n) is 2.54. The molecule has 1 N–H and O–H groups in total. The van der Waals surface area contributed by atoms with Crippen LogP contribution < -0.4 is 0 Å². The Hall–Kier alpha value is -1.27. The van der Waals surface area contributed by atoms with E-state index in [1.165, 1.54) is 0 Å². The molecule has 3 heteroatoms. The summed E-state index contributed by atoms with van der Waals surface area (Å²) in [6, 6.07) is 0. The largest absolute Gasteiger partial charge is 0.384 e. The number of aliphatic hydroxyl groups excluding tert-OH is 1. The van der Waals surface area contributed by atoms with Crippen LogP contribution in [0.1, 0.15) is 25.3 Å². The highest BCUT2D eigenvalue weighted by Crippen LogP contribution is 2.11. The van der Waals surface area contributed by atoms with Crippen LogP contribution in [0.25, 0.3) is 0 Å². The van der Waals surface area contributed by atoms with Crippen LogP contribution in [-0.4, -0.2) is 14.7 Å². The van der Waals surface area contributed by atoms with Crippen LogP contribution in [0.2, 0.25) is 0 Å². The van der Waals surface area contributed by atoms with Crippen LogP contribution >= 0.6 is 0 Å². The Morgan fingerprint density at radius 3 is 3.00 bits per heavy atom. The van der Waals surface area contributed by atoms with E-state index >= 15 is 0 Å². The smallest absolute Gasteiger partial charge is 0.138 e. The molecule has 0 aliphatic carbocycles. The zero-order valence-corrected chi connectivity index (χ0v) is 7.28. The lowest BCUT2D eigenvalue weighted by Crippen LogP contribution is -2.04. The summed E-state index contributed by atoms with van der Waals surface area (Å²) in [6.07, 6.45) is 3.34. The summed E-state index contributed by atoms with van der Waals surface area (Å²) < 4.78 is 1.79. The fraction of sp³-hybridized carbons (Fsp3) is 0.444. The summed E-state index contributed by atoms with van der Waals surface area (Å²) in [6.45, 7) is 1.76. The standard InChI is InChI=1S/C9H12N2O/c1-3-4-5-8(12)9-10-6-7-11(9)2/h6-8,12H,5H2,1-2H3. The first-order valence-electron chi connectivity index (χ1n) is 3.80. The molecule has 0 bridgehead atoms. The number of nitrogens with zero attached hydrogens (tertiary/aromatic N) is 2. The predicted octanol–water partition coefficient (Wildman–Crippen LogP) is 0.867. The van der Waals surface area contributed by atoms with Gasteiger partial charge in [0.2, 0.25) is 0 Å². The maximum absolute atomic E-state index is 9.54. The maximum atomic E-state index is 9.54. The first-order valence-corrected chi connectivity index (χ1v) is 3.80. The molecule has 0 radical (unpaired) electrons. The molecule has 0 saturated carbocycles. The van der Waals surface area contributed by atoms with Crippen molar-refractivity contribution in [2.45, 2.75) is 19.4 Å². The first kappa shape index (κ1) is 8.82. The minimum Gasteiger partial charge on any atom is -0.384 e. The zero-order valence-electron chi connectivity index (χ0n) is 7.28. The molecule has 0 spiro atoms. The van der Waals surface area contributed by atoms with E-state index in [-0.39, 0.29) is 0 Å². The summed E-state index contributed by atoms with van der Waals surface area (Å²) in [5.74, 6) is 6.21. The molecule has 64 valence electrons. The van der Waals surface area contributed by atoms with Gasteiger partial charge in [-0.25, -0.2) is 4.98 Å². The van der Waals surface area contributed by atoms with E-state index in [1.807, 2.05) is 7.05 Å². The van der Waals surface area contributed by atoms with Gasteiger partial charge < -0.3 is 9.67 Å². The van der Waals surface area contributed by atoms with E-state index in [0.29, 0.717) is 12.2 Å². The molecule has 1 unspecified atom stereocenters. The minimum absolute atomic E-state index is 0.446. The Kier molecular flexibility index (Phi) is 2.89. The van der Waals surface area contributed by atoms with Crippen molar-refractivity contribution >= 4 is 0 Å². The molecule has 12 heavy (non-hydrogen) atoms. The van der Waals surface area contributed by atoms with Crippen molar-refractivity contribution in [2.75, 3.05) is 0 Å². The van der Waals surface area contributed by atoms with Crippen molar-refractivity contribution in [1.29, 1.82) is 0 Å². The molecule has 1 heterocycles. The van der Waals surface area contributed by atoms with E-state index < -0.39 is 6.10 Å². The van der Waals surface area contributed by atoms with E-state index in [4.69, 9.17) is 0 Å². The second kappa shape index (κ2) is 3.93. The SMILES string of the molecule is CC#CCC(O)c1nccn1C. The van der Waals surface area contributed by atoms with Crippen LogP contribution in [0.3, 0.4) is 0 Å². The monoisotopic (exact) mass is 164 g/mol. The Balaban J connectivity index is 2.68. The van der Waals surface area contributed by atoms with E-state index in [2.05, 4.69) is 16.8 Å². The molecule has 1 aromatic heterocycles. The number of hydrogen-bond acceptors (Lipinski definition) is 2. The lowest BCUT2D eigenvalue weighted by Gasteiger charge is -2.05. The topological polar surface area (TPSA) is 38.1 Å². The summed E-state index contributed by atoms with van der Waals surface area (Å²) in [5, 5.41) is 9.54. The van der Waals surface area contributed by atoms with Gasteiger partial charge in [-0.05, 0) is 6.92 Å². The van der Waals surface area contributed by atoms with Crippen LogP contribution in [-0.2, 0) is 7.05 Å². The van der Waals surface area contributed by atoms with Gasteiger partial charge >= 0.3 is 0 Å². The fourth-order valence-electron chi connectivity index (χ4n) is 0.988. The summed E-state index contributed by atoms with van der Waals surface area (Å²) in [7, 11) is 1.85. The molecule has 0 aliphatic heterocycles. The van der Waals surface area contributed by atoms with Gasteiger partial charge in [0, 0.05) is 25.9 Å². The molecule has 0 amide bonds. The Morgan fingerprint density at radius 1 is 1.75 bits per heavy atom. The molecule has 1 rings (SSSR count). The molecular formula is C9H12N2O. The molecule has 0 aliphatic rings. The average Bonchev–Trinajstić information content (AvgIpc) is 2.47. The number of hydrogen-bond donors (Lipinski definition) is 1. The number of imidazole rings is 1. The van der Waals surface area contributed by atoms with E-state index in [9.17, 15) is 5.11 Å². The van der Waals surface area contributed by atoms with Crippen molar-refractivity contribution in [2.24, 2.45) is 7.05 Å². The van der Waals surface area contributed by atoms with Crippen molar-refractivity contribution in [3.05, 3.63) is 18.2 Å². The third-order valence-electron chi connectivity index (χ3n) is 1.63. The van der Waals surface area contributed by atoms with Crippen LogP contribution in [0.5, 0.6) is 0 Å². The third-order valence-corrected chi connectivity index (χ3v) is 1.63. The molecule has 1 aromatic rings. The van der Waals surface area contributed by atoms with Crippen LogP contribution in [0, 0.1) is 11.8 Å². The van der Waals surface area contributed by atoms with Crippen LogP contribution in [0.4, 0.5) is 0 Å². The molecule has 3 nitrogen and oxygen atoms in total. The van der Waals surface area contributed by atoms with Gasteiger partial charge in [0.1, 0.15) is 11.9 Å². The number of aryl methyl sites for hydroxylation is 1. The quantitative estimate of drug-likeness (QED) is 0.658. The van der Waals surface area contributed by atoms with Gasteiger partial charge in [-0.15, -0.1) is 11.8 Å². The van der Waals surface area contributed by atoms with Gasteiger partial charge in [-0.2, -0.15) is 0 Å². The summed E-state index contributed by atoms with van der Waals surface area (Å²) in [5.41, 5.74) is 0. The van der Waals surface area contributed by atoms with E-state index in [1.54, 1.807) is 23.9 Å². The number of aromatic nitrogens is 2. The van der Waals surface area contributed by atoms with Crippen LogP contribution in [0.15, 0.2) is 12.4 Å².